The number of halogens is 2. The quantitative estimate of drug-likeness (QED) is 0.843. The van der Waals surface area contributed by atoms with Crippen LogP contribution in [0.3, 0.4) is 0 Å². The largest absolute Gasteiger partial charge is 0.488 e. The molecule has 0 saturated carbocycles. The number of ether oxygens (including phenoxy) is 1. The maximum absolute atomic E-state index is 5.90. The van der Waals surface area contributed by atoms with E-state index in [-0.39, 0.29) is 6.04 Å². The molecule has 2 nitrogen and oxygen atoms in total. The summed E-state index contributed by atoms with van der Waals surface area (Å²) in [5.41, 5.74) is 6.99. The van der Waals surface area contributed by atoms with Crippen LogP contribution in [0.2, 0.25) is 4.34 Å². The second-order valence-electron chi connectivity index (χ2n) is 4.43. The minimum Gasteiger partial charge on any atom is -0.488 e. The lowest BCUT2D eigenvalue weighted by Crippen LogP contribution is -2.18. The van der Waals surface area contributed by atoms with E-state index in [1.165, 1.54) is 11.3 Å². The van der Waals surface area contributed by atoms with Crippen LogP contribution in [0.1, 0.15) is 17.4 Å². The Hall–Kier alpha value is -0.550. The van der Waals surface area contributed by atoms with Crippen molar-refractivity contribution in [3.8, 4) is 5.75 Å². The van der Waals surface area contributed by atoms with E-state index in [1.807, 2.05) is 31.2 Å². The molecule has 19 heavy (non-hydrogen) atoms. The second-order valence-corrected chi connectivity index (χ2v) is 7.14. The highest BCUT2D eigenvalue weighted by Gasteiger charge is 2.08. The van der Waals surface area contributed by atoms with E-state index in [1.54, 1.807) is 0 Å². The third kappa shape index (κ3) is 4.49. The Morgan fingerprint density at radius 1 is 1.37 bits per heavy atom. The molecule has 1 atom stereocenters. The third-order valence-corrected chi connectivity index (χ3v) is 4.26. The molecule has 1 unspecified atom stereocenters. The van der Waals surface area contributed by atoms with Gasteiger partial charge < -0.3 is 10.5 Å². The van der Waals surface area contributed by atoms with E-state index >= 15 is 0 Å². The van der Waals surface area contributed by atoms with Gasteiger partial charge in [0.2, 0.25) is 0 Å². The van der Waals surface area contributed by atoms with E-state index in [0.29, 0.717) is 6.61 Å². The molecule has 2 N–H and O–H groups in total. The number of benzene rings is 1. The first-order valence-electron chi connectivity index (χ1n) is 5.95. The number of thiophene rings is 1. The van der Waals surface area contributed by atoms with Crippen molar-refractivity contribution in [1.29, 1.82) is 0 Å². The van der Waals surface area contributed by atoms with Gasteiger partial charge in [-0.3, -0.25) is 0 Å². The fraction of sp³-hybridized carbons (Fsp3) is 0.286. The van der Waals surface area contributed by atoms with Gasteiger partial charge in [0, 0.05) is 15.4 Å². The first kappa shape index (κ1) is 14.9. The molecule has 5 heteroatoms. The molecule has 0 radical (unpaired) electrons. The van der Waals surface area contributed by atoms with Crippen molar-refractivity contribution in [2.75, 3.05) is 0 Å². The Bertz CT molecular complexity index is 556. The highest BCUT2D eigenvalue weighted by Crippen LogP contribution is 2.27. The van der Waals surface area contributed by atoms with Gasteiger partial charge in [-0.15, -0.1) is 11.3 Å². The molecule has 0 saturated heterocycles. The van der Waals surface area contributed by atoms with Crippen LogP contribution in [0.4, 0.5) is 0 Å². The standard InChI is InChI=1S/C14H15BrClNOS/c1-9(17)6-10-7-11(15)2-4-13(10)18-8-12-3-5-14(16)19-12/h2-5,7,9H,6,8,17H2,1H3. The van der Waals surface area contributed by atoms with Gasteiger partial charge >= 0.3 is 0 Å². The molecule has 2 rings (SSSR count). The summed E-state index contributed by atoms with van der Waals surface area (Å²) in [6.07, 6.45) is 0.792. The van der Waals surface area contributed by atoms with Crippen LogP contribution < -0.4 is 10.5 Å². The van der Waals surface area contributed by atoms with Gasteiger partial charge in [0.15, 0.2) is 0 Å². The van der Waals surface area contributed by atoms with Crippen molar-refractivity contribution >= 4 is 38.9 Å². The van der Waals surface area contributed by atoms with Crippen LogP contribution in [0.25, 0.3) is 0 Å². The average Bonchev–Trinajstić information content (AvgIpc) is 2.73. The molecule has 0 aliphatic rings. The summed E-state index contributed by atoms with van der Waals surface area (Å²) >= 11 is 10.9. The van der Waals surface area contributed by atoms with Crippen molar-refractivity contribution in [3.05, 3.63) is 49.6 Å². The molecule has 1 aromatic carbocycles. The van der Waals surface area contributed by atoms with Crippen LogP contribution in [-0.4, -0.2) is 6.04 Å². The minimum atomic E-state index is 0.104. The van der Waals surface area contributed by atoms with Gasteiger partial charge in [-0.05, 0) is 49.2 Å². The first-order chi connectivity index (χ1) is 9.04. The smallest absolute Gasteiger partial charge is 0.123 e. The average molecular weight is 361 g/mol. The van der Waals surface area contributed by atoms with Crippen LogP contribution in [0, 0.1) is 0 Å². The molecule has 1 aromatic heterocycles. The molecule has 2 aromatic rings. The summed E-state index contributed by atoms with van der Waals surface area (Å²) in [5.74, 6) is 0.880. The van der Waals surface area contributed by atoms with Crippen molar-refractivity contribution in [3.63, 3.8) is 0 Å². The molecule has 0 aliphatic heterocycles. The lowest BCUT2D eigenvalue weighted by Gasteiger charge is -2.13. The van der Waals surface area contributed by atoms with Crippen molar-refractivity contribution in [2.45, 2.75) is 26.0 Å². The second kappa shape index (κ2) is 6.75. The number of nitrogens with two attached hydrogens (primary N) is 1. The first-order valence-corrected chi connectivity index (χ1v) is 7.94. The fourth-order valence-electron chi connectivity index (χ4n) is 1.77. The fourth-order valence-corrected chi connectivity index (χ4v) is 3.18. The molecule has 102 valence electrons. The van der Waals surface area contributed by atoms with Gasteiger partial charge in [-0.25, -0.2) is 0 Å². The lowest BCUT2D eigenvalue weighted by molar-refractivity contribution is 0.306. The van der Waals surface area contributed by atoms with Gasteiger partial charge in [0.1, 0.15) is 12.4 Å². The Morgan fingerprint density at radius 3 is 2.79 bits per heavy atom. The Morgan fingerprint density at radius 2 is 2.16 bits per heavy atom. The van der Waals surface area contributed by atoms with Crippen molar-refractivity contribution < 1.29 is 4.74 Å². The number of hydrogen-bond acceptors (Lipinski definition) is 3. The number of hydrogen-bond donors (Lipinski definition) is 1. The topological polar surface area (TPSA) is 35.2 Å². The zero-order valence-electron chi connectivity index (χ0n) is 10.5. The molecule has 0 fully saturated rings. The summed E-state index contributed by atoms with van der Waals surface area (Å²) in [7, 11) is 0. The number of rotatable bonds is 5. The highest BCUT2D eigenvalue weighted by molar-refractivity contribution is 9.10. The van der Waals surface area contributed by atoms with Gasteiger partial charge in [-0.1, -0.05) is 27.5 Å². The van der Waals surface area contributed by atoms with E-state index in [9.17, 15) is 0 Å². The minimum absolute atomic E-state index is 0.104. The maximum atomic E-state index is 5.90. The summed E-state index contributed by atoms with van der Waals surface area (Å²) in [6.45, 7) is 2.52. The molecular formula is C14H15BrClNOS. The molecular weight excluding hydrogens is 346 g/mol. The van der Waals surface area contributed by atoms with Crippen LogP contribution in [0.15, 0.2) is 34.8 Å². The zero-order valence-corrected chi connectivity index (χ0v) is 13.7. The van der Waals surface area contributed by atoms with E-state index in [0.717, 1.165) is 31.4 Å². The lowest BCUT2D eigenvalue weighted by atomic mass is 10.1. The Balaban J connectivity index is 2.10. The van der Waals surface area contributed by atoms with E-state index < -0.39 is 0 Å². The monoisotopic (exact) mass is 359 g/mol. The zero-order chi connectivity index (χ0) is 13.8. The molecule has 0 amide bonds. The molecule has 0 bridgehead atoms. The van der Waals surface area contributed by atoms with Crippen LogP contribution in [0.5, 0.6) is 5.75 Å². The molecule has 0 aliphatic carbocycles. The van der Waals surface area contributed by atoms with Crippen LogP contribution in [-0.2, 0) is 13.0 Å². The van der Waals surface area contributed by atoms with Gasteiger partial charge in [0.05, 0.1) is 4.34 Å². The third-order valence-electron chi connectivity index (χ3n) is 2.56. The summed E-state index contributed by atoms with van der Waals surface area (Å²) in [4.78, 5) is 1.11. The Labute approximate surface area is 130 Å². The summed E-state index contributed by atoms with van der Waals surface area (Å²) in [6, 6.07) is 9.97. The summed E-state index contributed by atoms with van der Waals surface area (Å²) in [5, 5.41) is 0. The maximum Gasteiger partial charge on any atom is 0.123 e. The van der Waals surface area contributed by atoms with Crippen molar-refractivity contribution in [1.82, 2.24) is 0 Å². The van der Waals surface area contributed by atoms with Gasteiger partial charge in [0.25, 0.3) is 0 Å². The molecule has 1 heterocycles. The predicted octanol–water partition coefficient (Wildman–Crippen LogP) is 4.63. The van der Waals surface area contributed by atoms with Gasteiger partial charge in [-0.2, -0.15) is 0 Å². The van der Waals surface area contributed by atoms with E-state index in [2.05, 4.69) is 22.0 Å². The van der Waals surface area contributed by atoms with E-state index in [4.69, 9.17) is 22.1 Å². The SMILES string of the molecule is CC(N)Cc1cc(Br)ccc1OCc1ccc(Cl)s1. The predicted molar refractivity (Wildman–Crippen MR) is 85.2 cm³/mol. The summed E-state index contributed by atoms with van der Waals surface area (Å²) < 4.78 is 7.69. The molecule has 0 spiro atoms. The highest BCUT2D eigenvalue weighted by atomic mass is 79.9. The normalized spacial score (nSPS) is 12.4. The van der Waals surface area contributed by atoms with Crippen molar-refractivity contribution in [2.24, 2.45) is 5.73 Å². The van der Waals surface area contributed by atoms with Crippen LogP contribution >= 0.6 is 38.9 Å². The Kier molecular flexibility index (Phi) is 5.28.